The summed E-state index contributed by atoms with van der Waals surface area (Å²) in [5.41, 5.74) is 0. The zero-order valence-corrected chi connectivity index (χ0v) is 16.7. The van der Waals surface area contributed by atoms with Crippen LogP contribution in [0.15, 0.2) is 5.76 Å². The van der Waals surface area contributed by atoms with Gasteiger partial charge in [-0.3, -0.25) is 4.79 Å². The van der Waals surface area contributed by atoms with Gasteiger partial charge in [0.1, 0.15) is 0 Å². The molecule has 0 aromatic rings. The minimum absolute atomic E-state index is 0.132. The van der Waals surface area contributed by atoms with Gasteiger partial charge in [-0.15, -0.1) is 0 Å². The number of allylic oxidation sites excluding steroid dienone is 1. The lowest BCUT2D eigenvalue weighted by Gasteiger charge is -2.04. The summed E-state index contributed by atoms with van der Waals surface area (Å²) in [4.78, 5) is 22.3. The fraction of sp³-hybridized carbons (Fsp3) is 0.864. The molecule has 0 spiro atoms. The molecule has 0 saturated carbocycles. The number of carbonyl (C=O) groups excluding carboxylic acids is 2. The number of hydrogen-bond donors (Lipinski definition) is 0. The summed E-state index contributed by atoms with van der Waals surface area (Å²) in [6.07, 6.45) is 20.0. The molecule has 0 unspecified atom stereocenters. The van der Waals surface area contributed by atoms with Crippen molar-refractivity contribution >= 4 is 11.7 Å². The van der Waals surface area contributed by atoms with Crippen LogP contribution in [0.25, 0.3) is 0 Å². The number of ketones is 1. The predicted molar refractivity (Wildman–Crippen MR) is 105 cm³/mol. The molecule has 0 aliphatic rings. The Bertz CT molecular complexity index is 356. The summed E-state index contributed by atoms with van der Waals surface area (Å²) < 4.78 is 4.97. The maximum absolute atomic E-state index is 11.7. The molecule has 146 valence electrons. The van der Waals surface area contributed by atoms with E-state index in [2.05, 4.69) is 6.92 Å². The molecule has 0 atom stereocenters. The van der Waals surface area contributed by atoms with Crippen LogP contribution in [-0.2, 0) is 14.3 Å². The molecule has 0 heterocycles. The van der Waals surface area contributed by atoms with E-state index in [1.807, 2.05) is 0 Å². The second-order valence-corrected chi connectivity index (χ2v) is 6.99. The fourth-order valence-electron chi connectivity index (χ4n) is 3.08. The minimum atomic E-state index is -0.202. The molecule has 0 aliphatic heterocycles. The van der Waals surface area contributed by atoms with Crippen molar-refractivity contribution in [2.24, 2.45) is 0 Å². The maximum Gasteiger partial charge on any atom is 0.247 e. The SMILES string of the molecule is CCCCCCCCCCCCCCCCCC(=O)C(=C=O)OCC. The van der Waals surface area contributed by atoms with Gasteiger partial charge in [0.05, 0.1) is 6.61 Å². The van der Waals surface area contributed by atoms with Crippen LogP contribution in [0, 0.1) is 0 Å². The van der Waals surface area contributed by atoms with Crippen molar-refractivity contribution in [1.29, 1.82) is 0 Å². The molecule has 3 nitrogen and oxygen atoms in total. The van der Waals surface area contributed by atoms with Crippen LogP contribution in [0.3, 0.4) is 0 Å². The lowest BCUT2D eigenvalue weighted by molar-refractivity contribution is -0.118. The lowest BCUT2D eigenvalue weighted by atomic mass is 10.0. The van der Waals surface area contributed by atoms with Gasteiger partial charge >= 0.3 is 0 Å². The van der Waals surface area contributed by atoms with Gasteiger partial charge in [0.2, 0.25) is 11.5 Å². The molecular weight excluding hydrogens is 312 g/mol. The van der Waals surface area contributed by atoms with Crippen molar-refractivity contribution in [3.8, 4) is 0 Å². The van der Waals surface area contributed by atoms with Crippen molar-refractivity contribution in [3.63, 3.8) is 0 Å². The Morgan fingerprint density at radius 2 is 1.08 bits per heavy atom. The van der Waals surface area contributed by atoms with Gasteiger partial charge in [0, 0.05) is 6.42 Å². The molecule has 0 aromatic heterocycles. The van der Waals surface area contributed by atoms with Gasteiger partial charge < -0.3 is 4.74 Å². The molecule has 25 heavy (non-hydrogen) atoms. The highest BCUT2D eigenvalue weighted by molar-refractivity contribution is 6.00. The zero-order valence-electron chi connectivity index (χ0n) is 16.7. The third kappa shape index (κ3) is 16.2. The minimum Gasteiger partial charge on any atom is -0.481 e. The average Bonchev–Trinajstić information content (AvgIpc) is 2.62. The molecule has 0 radical (unpaired) electrons. The molecule has 0 aliphatic carbocycles. The van der Waals surface area contributed by atoms with Crippen molar-refractivity contribution in [1.82, 2.24) is 0 Å². The molecular formula is C22H40O3. The first-order valence-corrected chi connectivity index (χ1v) is 10.7. The van der Waals surface area contributed by atoms with Crippen LogP contribution in [0.4, 0.5) is 0 Å². The van der Waals surface area contributed by atoms with E-state index in [1.54, 1.807) is 12.9 Å². The van der Waals surface area contributed by atoms with Crippen LogP contribution in [0.1, 0.15) is 117 Å². The van der Waals surface area contributed by atoms with Crippen molar-refractivity contribution in [2.45, 2.75) is 117 Å². The Hall–Kier alpha value is -1.08. The van der Waals surface area contributed by atoms with Crippen LogP contribution in [0.5, 0.6) is 0 Å². The van der Waals surface area contributed by atoms with Crippen LogP contribution < -0.4 is 0 Å². The van der Waals surface area contributed by atoms with Gasteiger partial charge in [-0.25, -0.2) is 4.79 Å². The number of ether oxygens (including phenoxy) is 1. The zero-order chi connectivity index (χ0) is 18.6. The predicted octanol–water partition coefficient (Wildman–Crippen LogP) is 6.57. The standard InChI is InChI=1S/C22H40O3/c1-3-5-6-7-8-9-10-11-12-13-14-15-16-17-18-19-21(24)22(20-23)25-4-2/h3-19H2,1-2H3. The third-order valence-corrected chi connectivity index (χ3v) is 4.64. The summed E-state index contributed by atoms with van der Waals surface area (Å²) in [5, 5.41) is 0. The highest BCUT2D eigenvalue weighted by Gasteiger charge is 2.10. The van der Waals surface area contributed by atoms with E-state index in [9.17, 15) is 9.59 Å². The first kappa shape index (κ1) is 23.9. The number of rotatable bonds is 19. The Morgan fingerprint density at radius 3 is 1.44 bits per heavy atom. The van der Waals surface area contributed by atoms with E-state index < -0.39 is 0 Å². The molecule has 0 N–H and O–H groups in total. The molecule has 0 aromatic carbocycles. The van der Waals surface area contributed by atoms with Gasteiger partial charge in [-0.1, -0.05) is 96.8 Å². The monoisotopic (exact) mass is 352 g/mol. The number of hydrogen-bond acceptors (Lipinski definition) is 3. The topological polar surface area (TPSA) is 43.4 Å². The quantitative estimate of drug-likeness (QED) is 0.114. The fourth-order valence-corrected chi connectivity index (χ4v) is 3.08. The van der Waals surface area contributed by atoms with E-state index in [1.165, 1.54) is 83.5 Å². The molecule has 3 heteroatoms. The van der Waals surface area contributed by atoms with Crippen LogP contribution in [-0.4, -0.2) is 18.3 Å². The van der Waals surface area contributed by atoms with E-state index in [0.717, 1.165) is 12.8 Å². The van der Waals surface area contributed by atoms with Crippen LogP contribution >= 0.6 is 0 Å². The second kappa shape index (κ2) is 19.2. The summed E-state index contributed by atoms with van der Waals surface area (Å²) in [5.74, 6) is 1.27. The Morgan fingerprint density at radius 1 is 0.680 bits per heavy atom. The van der Waals surface area contributed by atoms with Gasteiger partial charge in [-0.2, -0.15) is 0 Å². The van der Waals surface area contributed by atoms with Crippen molar-refractivity contribution in [2.75, 3.05) is 6.61 Å². The van der Waals surface area contributed by atoms with Gasteiger partial charge in [0.25, 0.3) is 0 Å². The Labute approximate surface area is 155 Å². The van der Waals surface area contributed by atoms with E-state index in [-0.39, 0.29) is 11.5 Å². The highest BCUT2D eigenvalue weighted by Crippen LogP contribution is 2.14. The molecule has 0 amide bonds. The van der Waals surface area contributed by atoms with E-state index in [0.29, 0.717) is 13.0 Å². The van der Waals surface area contributed by atoms with Crippen molar-refractivity contribution < 1.29 is 14.3 Å². The first-order valence-electron chi connectivity index (χ1n) is 10.7. The summed E-state index contributed by atoms with van der Waals surface area (Å²) in [6.45, 7) is 4.37. The summed E-state index contributed by atoms with van der Waals surface area (Å²) >= 11 is 0. The summed E-state index contributed by atoms with van der Waals surface area (Å²) in [6, 6.07) is 0. The molecule has 0 rings (SSSR count). The highest BCUT2D eigenvalue weighted by atomic mass is 16.5. The smallest absolute Gasteiger partial charge is 0.247 e. The summed E-state index contributed by atoms with van der Waals surface area (Å²) in [7, 11) is 0. The second-order valence-electron chi connectivity index (χ2n) is 6.99. The molecule has 0 fully saturated rings. The van der Waals surface area contributed by atoms with E-state index >= 15 is 0 Å². The maximum atomic E-state index is 11.7. The number of unbranched alkanes of at least 4 members (excludes halogenated alkanes) is 14. The average molecular weight is 353 g/mol. The lowest BCUT2D eigenvalue weighted by Crippen LogP contribution is -2.07. The van der Waals surface area contributed by atoms with Crippen LogP contribution in [0.2, 0.25) is 0 Å². The Kier molecular flexibility index (Phi) is 18.4. The largest absolute Gasteiger partial charge is 0.481 e. The van der Waals surface area contributed by atoms with E-state index in [4.69, 9.17) is 4.74 Å². The number of Topliss-reactive ketones (excluding diaryl/α,β-unsaturated/α-hetero) is 1. The molecule has 0 bridgehead atoms. The van der Waals surface area contributed by atoms with Gasteiger partial charge in [0.15, 0.2) is 5.94 Å². The molecule has 0 saturated heterocycles. The normalized spacial score (nSPS) is 10.5. The first-order chi connectivity index (χ1) is 12.3. The van der Waals surface area contributed by atoms with Gasteiger partial charge in [-0.05, 0) is 13.3 Å². The van der Waals surface area contributed by atoms with Crippen molar-refractivity contribution in [3.05, 3.63) is 5.76 Å². The third-order valence-electron chi connectivity index (χ3n) is 4.64. The Balaban J connectivity index is 3.26. The number of carbonyl (C=O) groups is 1.